The summed E-state index contributed by atoms with van der Waals surface area (Å²) in [6, 6.07) is 1.06. The van der Waals surface area contributed by atoms with E-state index in [9.17, 15) is 0 Å². The van der Waals surface area contributed by atoms with Crippen LogP contribution in [-0.2, 0) is 13.6 Å². The first-order chi connectivity index (χ1) is 6.35. The number of rotatable bonds is 9. The lowest BCUT2D eigenvalue weighted by Gasteiger charge is -2.14. The Hall–Kier alpha value is 0.0969. The van der Waals surface area contributed by atoms with Crippen molar-refractivity contribution in [3.63, 3.8) is 0 Å². The lowest BCUT2D eigenvalue weighted by Crippen LogP contribution is -2.23. The normalized spacial score (nSPS) is 11.1. The van der Waals surface area contributed by atoms with E-state index in [1.165, 1.54) is 0 Å². The summed E-state index contributed by atoms with van der Waals surface area (Å²) in [5.41, 5.74) is 0. The summed E-state index contributed by atoms with van der Waals surface area (Å²) in [5, 5.41) is 0. The monoisotopic (exact) mass is 206 g/mol. The van der Waals surface area contributed by atoms with Gasteiger partial charge in [0.1, 0.15) is 0 Å². The second kappa shape index (κ2) is 10.2. The van der Waals surface area contributed by atoms with Gasteiger partial charge in [0.25, 0.3) is 0 Å². The van der Waals surface area contributed by atoms with Gasteiger partial charge < -0.3 is 13.6 Å². The lowest BCUT2D eigenvalue weighted by molar-refractivity contribution is 0.143. The molecule has 4 heteroatoms. The molecule has 0 aromatic rings. The molecule has 0 rings (SSSR count). The van der Waals surface area contributed by atoms with Gasteiger partial charge in [0, 0.05) is 26.4 Å². The van der Waals surface area contributed by atoms with Crippen molar-refractivity contribution in [2.24, 2.45) is 0 Å². The second-order valence-corrected chi connectivity index (χ2v) is 4.78. The van der Waals surface area contributed by atoms with Crippen molar-refractivity contribution < 1.29 is 13.6 Å². The smallest absolute Gasteiger partial charge is 0.321 e. The molecule has 0 saturated heterocycles. The highest BCUT2D eigenvalue weighted by Crippen LogP contribution is 2.01. The summed E-state index contributed by atoms with van der Waals surface area (Å²) in [4.78, 5) is 0. The molecule has 0 bridgehead atoms. The minimum atomic E-state index is -1.36. The lowest BCUT2D eigenvalue weighted by atomic mass is 10.5. The van der Waals surface area contributed by atoms with Crippen LogP contribution in [0.3, 0.4) is 0 Å². The molecule has 0 saturated carbocycles. The van der Waals surface area contributed by atoms with Crippen molar-refractivity contribution in [3.8, 4) is 0 Å². The van der Waals surface area contributed by atoms with Crippen LogP contribution in [0, 0.1) is 0 Å². The molecule has 0 aromatic carbocycles. The summed E-state index contributed by atoms with van der Waals surface area (Å²) < 4.78 is 16.3. The third-order valence-electron chi connectivity index (χ3n) is 1.64. The molecule has 0 heterocycles. The van der Waals surface area contributed by atoms with Crippen LogP contribution >= 0.6 is 0 Å². The molecule has 0 radical (unpaired) electrons. The van der Waals surface area contributed by atoms with Crippen molar-refractivity contribution >= 4 is 9.28 Å². The molecule has 0 unspecified atom stereocenters. The summed E-state index contributed by atoms with van der Waals surface area (Å²) >= 11 is 0. The third-order valence-corrected chi connectivity index (χ3v) is 3.93. The first kappa shape index (κ1) is 13.1. The molecular weight excluding hydrogens is 184 g/mol. The Morgan fingerprint density at radius 2 is 1.54 bits per heavy atom. The van der Waals surface area contributed by atoms with Crippen LogP contribution in [0.15, 0.2) is 0 Å². The first-order valence-electron chi connectivity index (χ1n) is 5.16. The van der Waals surface area contributed by atoms with Crippen LogP contribution in [0.1, 0.15) is 27.2 Å². The van der Waals surface area contributed by atoms with E-state index >= 15 is 0 Å². The van der Waals surface area contributed by atoms with Gasteiger partial charge in [-0.3, -0.25) is 0 Å². The van der Waals surface area contributed by atoms with E-state index in [1.807, 2.05) is 20.8 Å². The van der Waals surface area contributed by atoms with Crippen molar-refractivity contribution in [2.75, 3.05) is 26.4 Å². The quantitative estimate of drug-likeness (QED) is 0.424. The fourth-order valence-corrected chi connectivity index (χ4v) is 2.76. The zero-order valence-electron chi connectivity index (χ0n) is 9.04. The Morgan fingerprint density at radius 1 is 0.923 bits per heavy atom. The highest BCUT2D eigenvalue weighted by atomic mass is 28.3. The maximum atomic E-state index is 5.52. The average molecular weight is 206 g/mol. The molecule has 0 aliphatic heterocycles. The number of hydrogen-bond acceptors (Lipinski definition) is 3. The van der Waals surface area contributed by atoms with E-state index in [1.54, 1.807) is 0 Å². The first-order valence-corrected chi connectivity index (χ1v) is 6.91. The van der Waals surface area contributed by atoms with Gasteiger partial charge in [0.15, 0.2) is 0 Å². The Bertz CT molecular complexity index is 94.9. The van der Waals surface area contributed by atoms with Gasteiger partial charge in [-0.05, 0) is 33.2 Å². The van der Waals surface area contributed by atoms with Gasteiger partial charge in [-0.25, -0.2) is 0 Å². The van der Waals surface area contributed by atoms with E-state index in [0.717, 1.165) is 38.9 Å². The SMILES string of the molecule is CCOCCC[SiH](OCC)OCC. The molecule has 0 aliphatic rings. The van der Waals surface area contributed by atoms with Gasteiger partial charge in [-0.15, -0.1) is 0 Å². The molecule has 0 atom stereocenters. The second-order valence-electron chi connectivity index (χ2n) is 2.68. The fourth-order valence-electron chi connectivity index (χ4n) is 1.08. The van der Waals surface area contributed by atoms with Gasteiger partial charge in [-0.1, -0.05) is 0 Å². The highest BCUT2D eigenvalue weighted by molar-refractivity contribution is 6.44. The minimum Gasteiger partial charge on any atom is -0.397 e. The van der Waals surface area contributed by atoms with Crippen molar-refractivity contribution in [1.82, 2.24) is 0 Å². The Balaban J connectivity index is 3.33. The van der Waals surface area contributed by atoms with E-state index in [-0.39, 0.29) is 0 Å². The van der Waals surface area contributed by atoms with Crippen LogP contribution in [0.2, 0.25) is 6.04 Å². The minimum absolute atomic E-state index is 0.769. The molecular formula is C9H22O3Si. The molecule has 3 nitrogen and oxygen atoms in total. The van der Waals surface area contributed by atoms with Crippen molar-refractivity contribution in [3.05, 3.63) is 0 Å². The molecule has 80 valence electrons. The molecule has 0 N–H and O–H groups in total. The Kier molecular flexibility index (Phi) is 10.3. The molecule has 0 spiro atoms. The summed E-state index contributed by atoms with van der Waals surface area (Å²) in [6.07, 6.45) is 1.06. The van der Waals surface area contributed by atoms with Crippen LogP contribution in [0.25, 0.3) is 0 Å². The van der Waals surface area contributed by atoms with Crippen LogP contribution in [0.5, 0.6) is 0 Å². The molecule has 0 aromatic heterocycles. The van der Waals surface area contributed by atoms with Crippen LogP contribution in [0.4, 0.5) is 0 Å². The van der Waals surface area contributed by atoms with Crippen molar-refractivity contribution in [2.45, 2.75) is 33.2 Å². The predicted molar refractivity (Wildman–Crippen MR) is 56.3 cm³/mol. The van der Waals surface area contributed by atoms with Crippen LogP contribution in [-0.4, -0.2) is 35.7 Å². The predicted octanol–water partition coefficient (Wildman–Crippen LogP) is 1.71. The summed E-state index contributed by atoms with van der Waals surface area (Å²) in [6.45, 7) is 9.22. The van der Waals surface area contributed by atoms with Crippen molar-refractivity contribution in [1.29, 1.82) is 0 Å². The fraction of sp³-hybridized carbons (Fsp3) is 1.00. The molecule has 0 aliphatic carbocycles. The van der Waals surface area contributed by atoms with Crippen LogP contribution < -0.4 is 0 Å². The summed E-state index contributed by atoms with van der Waals surface area (Å²) in [7, 11) is -1.36. The molecule has 0 fully saturated rings. The van der Waals surface area contributed by atoms with E-state index in [2.05, 4.69) is 0 Å². The maximum Gasteiger partial charge on any atom is 0.321 e. The topological polar surface area (TPSA) is 27.7 Å². The molecule has 0 amide bonds. The Morgan fingerprint density at radius 3 is 2.00 bits per heavy atom. The van der Waals surface area contributed by atoms with E-state index < -0.39 is 9.28 Å². The number of hydrogen-bond donors (Lipinski definition) is 0. The standard InChI is InChI=1S/C9H22O3Si/c1-4-10-8-7-9-13(11-5-2)12-6-3/h13H,4-9H2,1-3H3. The van der Waals surface area contributed by atoms with E-state index in [4.69, 9.17) is 13.6 Å². The molecule has 13 heavy (non-hydrogen) atoms. The highest BCUT2D eigenvalue weighted by Gasteiger charge is 2.10. The summed E-state index contributed by atoms with van der Waals surface area (Å²) in [5.74, 6) is 0. The van der Waals surface area contributed by atoms with E-state index in [0.29, 0.717) is 0 Å². The average Bonchev–Trinajstić information content (AvgIpc) is 2.13. The van der Waals surface area contributed by atoms with Gasteiger partial charge in [0.2, 0.25) is 0 Å². The van der Waals surface area contributed by atoms with Gasteiger partial charge >= 0.3 is 9.28 Å². The third kappa shape index (κ3) is 8.43. The maximum absolute atomic E-state index is 5.52. The number of ether oxygens (including phenoxy) is 1. The van der Waals surface area contributed by atoms with Gasteiger partial charge in [-0.2, -0.15) is 0 Å². The Labute approximate surface area is 83.2 Å². The van der Waals surface area contributed by atoms with Gasteiger partial charge in [0.05, 0.1) is 0 Å². The largest absolute Gasteiger partial charge is 0.397 e. The zero-order valence-corrected chi connectivity index (χ0v) is 10.2. The zero-order chi connectivity index (χ0) is 9.94.